The van der Waals surface area contributed by atoms with Crippen LogP contribution in [-0.4, -0.2) is 64.1 Å². The molecule has 0 aliphatic carbocycles. The third-order valence-electron chi connectivity index (χ3n) is 5.43. The number of nitrogens with zero attached hydrogens (tertiary/aromatic N) is 7. The Kier molecular flexibility index (Phi) is 4.89. The van der Waals surface area contributed by atoms with Crippen molar-refractivity contribution in [1.29, 1.82) is 0 Å². The van der Waals surface area contributed by atoms with Crippen LogP contribution in [0.5, 0.6) is 6.01 Å². The lowest BCUT2D eigenvalue weighted by Gasteiger charge is -2.28. The number of aryl methyl sites for hydroxylation is 1. The Hall–Kier alpha value is -2.94. The van der Waals surface area contributed by atoms with Crippen LogP contribution in [0.2, 0.25) is 0 Å². The summed E-state index contributed by atoms with van der Waals surface area (Å²) in [6, 6.07) is 6.41. The number of aromatic nitrogens is 5. The molecule has 0 bridgehead atoms. The summed E-state index contributed by atoms with van der Waals surface area (Å²) in [6.07, 6.45) is 4.27. The largest absolute Gasteiger partial charge is 0.457 e. The van der Waals surface area contributed by atoms with Crippen molar-refractivity contribution in [3.05, 3.63) is 30.1 Å². The average Bonchev–Trinajstić information content (AvgIpc) is 3.43. The lowest BCUT2D eigenvalue weighted by molar-refractivity contribution is 0.122. The van der Waals surface area contributed by atoms with Crippen LogP contribution in [-0.2, 0) is 18.4 Å². The summed E-state index contributed by atoms with van der Waals surface area (Å²) in [5, 5.41) is 5.28. The van der Waals surface area contributed by atoms with Crippen molar-refractivity contribution in [3.63, 3.8) is 0 Å². The van der Waals surface area contributed by atoms with E-state index in [2.05, 4.69) is 25.9 Å². The SMILES string of the molecule is Cn1ncc2c(N3CCOCC3)nc(OCc3cccc(N4CCCC4)n3)nc21. The Morgan fingerprint density at radius 1 is 1.00 bits per heavy atom. The molecule has 0 atom stereocenters. The van der Waals surface area contributed by atoms with E-state index in [1.807, 2.05) is 25.4 Å². The van der Waals surface area contributed by atoms with Gasteiger partial charge < -0.3 is 19.3 Å². The van der Waals surface area contributed by atoms with Crippen molar-refractivity contribution in [2.24, 2.45) is 7.05 Å². The Labute approximate surface area is 169 Å². The van der Waals surface area contributed by atoms with E-state index >= 15 is 0 Å². The highest BCUT2D eigenvalue weighted by molar-refractivity contribution is 5.87. The second kappa shape index (κ2) is 7.82. The molecule has 0 unspecified atom stereocenters. The molecule has 152 valence electrons. The van der Waals surface area contributed by atoms with Crippen LogP contribution in [0.15, 0.2) is 24.4 Å². The Balaban J connectivity index is 1.39. The maximum atomic E-state index is 5.97. The summed E-state index contributed by atoms with van der Waals surface area (Å²) in [5.74, 6) is 1.86. The minimum Gasteiger partial charge on any atom is -0.457 e. The lowest BCUT2D eigenvalue weighted by atomic mass is 10.3. The van der Waals surface area contributed by atoms with Gasteiger partial charge in [0.2, 0.25) is 0 Å². The van der Waals surface area contributed by atoms with E-state index in [1.165, 1.54) is 12.8 Å². The van der Waals surface area contributed by atoms with E-state index in [9.17, 15) is 0 Å². The van der Waals surface area contributed by atoms with Gasteiger partial charge in [-0.15, -0.1) is 0 Å². The van der Waals surface area contributed by atoms with Gasteiger partial charge in [-0.2, -0.15) is 15.1 Å². The molecule has 9 nitrogen and oxygen atoms in total. The van der Waals surface area contributed by atoms with E-state index < -0.39 is 0 Å². The van der Waals surface area contributed by atoms with E-state index in [0.29, 0.717) is 25.8 Å². The minimum absolute atomic E-state index is 0.327. The number of pyridine rings is 1. The van der Waals surface area contributed by atoms with Crippen molar-refractivity contribution in [2.45, 2.75) is 19.4 Å². The van der Waals surface area contributed by atoms with E-state index in [1.54, 1.807) is 4.68 Å². The molecule has 0 N–H and O–H groups in total. The number of anilines is 2. The molecule has 0 aromatic carbocycles. The summed E-state index contributed by atoms with van der Waals surface area (Å²) in [4.78, 5) is 18.5. The van der Waals surface area contributed by atoms with E-state index in [4.69, 9.17) is 19.4 Å². The molecule has 2 aliphatic rings. The van der Waals surface area contributed by atoms with Crippen molar-refractivity contribution >= 4 is 22.7 Å². The average molecular weight is 395 g/mol. The minimum atomic E-state index is 0.327. The highest BCUT2D eigenvalue weighted by Gasteiger charge is 2.20. The lowest BCUT2D eigenvalue weighted by Crippen LogP contribution is -2.37. The Morgan fingerprint density at radius 2 is 1.83 bits per heavy atom. The van der Waals surface area contributed by atoms with Gasteiger partial charge >= 0.3 is 6.01 Å². The van der Waals surface area contributed by atoms with Crippen LogP contribution < -0.4 is 14.5 Å². The summed E-state index contributed by atoms with van der Waals surface area (Å²) in [6.45, 7) is 5.43. The second-order valence-electron chi connectivity index (χ2n) is 7.40. The van der Waals surface area contributed by atoms with Crippen LogP contribution in [0, 0.1) is 0 Å². The van der Waals surface area contributed by atoms with Gasteiger partial charge in [-0.1, -0.05) is 6.07 Å². The van der Waals surface area contributed by atoms with Gasteiger partial charge in [-0.05, 0) is 25.0 Å². The van der Waals surface area contributed by atoms with Crippen LogP contribution in [0.4, 0.5) is 11.6 Å². The predicted molar refractivity (Wildman–Crippen MR) is 109 cm³/mol. The number of rotatable bonds is 5. The van der Waals surface area contributed by atoms with Crippen LogP contribution in [0.25, 0.3) is 11.0 Å². The molecule has 0 saturated carbocycles. The zero-order valence-electron chi connectivity index (χ0n) is 16.6. The number of morpholine rings is 1. The topological polar surface area (TPSA) is 81.4 Å². The summed E-state index contributed by atoms with van der Waals surface area (Å²) in [7, 11) is 1.88. The highest BCUT2D eigenvalue weighted by Crippen LogP contribution is 2.27. The molecule has 0 spiro atoms. The first-order valence-electron chi connectivity index (χ1n) is 10.1. The van der Waals surface area contributed by atoms with Gasteiger partial charge in [0.1, 0.15) is 18.2 Å². The van der Waals surface area contributed by atoms with Crippen molar-refractivity contribution in [1.82, 2.24) is 24.7 Å². The molecule has 0 radical (unpaired) electrons. The Bertz CT molecular complexity index is 994. The molecule has 3 aromatic rings. The quantitative estimate of drug-likeness (QED) is 0.647. The molecule has 2 saturated heterocycles. The molecule has 0 amide bonds. The summed E-state index contributed by atoms with van der Waals surface area (Å²) < 4.78 is 13.2. The van der Waals surface area contributed by atoms with Crippen LogP contribution >= 0.6 is 0 Å². The van der Waals surface area contributed by atoms with Crippen molar-refractivity contribution in [3.8, 4) is 6.01 Å². The molecular weight excluding hydrogens is 370 g/mol. The Morgan fingerprint density at radius 3 is 2.66 bits per heavy atom. The van der Waals surface area contributed by atoms with Crippen LogP contribution in [0.1, 0.15) is 18.5 Å². The fraction of sp³-hybridized carbons (Fsp3) is 0.500. The summed E-state index contributed by atoms with van der Waals surface area (Å²) >= 11 is 0. The molecule has 5 rings (SSSR count). The van der Waals surface area contributed by atoms with E-state index in [-0.39, 0.29) is 0 Å². The number of ether oxygens (including phenoxy) is 2. The van der Waals surface area contributed by atoms with Gasteiger partial charge in [0, 0.05) is 33.2 Å². The zero-order chi connectivity index (χ0) is 19.6. The maximum absolute atomic E-state index is 5.97. The second-order valence-corrected chi connectivity index (χ2v) is 7.40. The molecule has 3 aromatic heterocycles. The smallest absolute Gasteiger partial charge is 0.320 e. The number of hydrogen-bond donors (Lipinski definition) is 0. The molecular formula is C20H25N7O2. The fourth-order valence-corrected chi connectivity index (χ4v) is 3.88. The molecule has 29 heavy (non-hydrogen) atoms. The predicted octanol–water partition coefficient (Wildman–Crippen LogP) is 1.77. The van der Waals surface area contributed by atoms with Crippen molar-refractivity contribution < 1.29 is 9.47 Å². The molecule has 9 heteroatoms. The fourth-order valence-electron chi connectivity index (χ4n) is 3.88. The first-order chi connectivity index (χ1) is 14.3. The molecule has 2 fully saturated rings. The van der Waals surface area contributed by atoms with Gasteiger partial charge in [0.15, 0.2) is 5.65 Å². The normalized spacial score (nSPS) is 17.3. The third kappa shape index (κ3) is 3.69. The van der Waals surface area contributed by atoms with Crippen LogP contribution in [0.3, 0.4) is 0 Å². The van der Waals surface area contributed by atoms with Gasteiger partial charge in [0.25, 0.3) is 0 Å². The first kappa shape index (κ1) is 18.1. The third-order valence-corrected chi connectivity index (χ3v) is 5.43. The number of fused-ring (bicyclic) bond motifs is 1. The highest BCUT2D eigenvalue weighted by atomic mass is 16.5. The van der Waals surface area contributed by atoms with Gasteiger partial charge in [0.05, 0.1) is 30.5 Å². The standard InChI is InChI=1S/C20H25N7O2/c1-25-18-16(13-21-25)19(27-9-11-28-12-10-27)24-20(23-18)29-14-15-5-4-6-17(22-15)26-7-2-3-8-26/h4-6,13H,2-3,7-12,14H2,1H3. The molecule has 2 aliphatic heterocycles. The monoisotopic (exact) mass is 395 g/mol. The van der Waals surface area contributed by atoms with Gasteiger partial charge in [-0.25, -0.2) is 4.98 Å². The zero-order valence-corrected chi connectivity index (χ0v) is 16.6. The number of hydrogen-bond acceptors (Lipinski definition) is 8. The summed E-state index contributed by atoms with van der Waals surface area (Å²) in [5.41, 5.74) is 1.63. The van der Waals surface area contributed by atoms with Gasteiger partial charge in [-0.3, -0.25) is 4.68 Å². The van der Waals surface area contributed by atoms with Crippen molar-refractivity contribution in [2.75, 3.05) is 49.2 Å². The maximum Gasteiger partial charge on any atom is 0.320 e. The first-order valence-corrected chi connectivity index (χ1v) is 10.1. The molecule has 5 heterocycles. The van der Waals surface area contributed by atoms with E-state index in [0.717, 1.165) is 54.5 Å².